The summed E-state index contributed by atoms with van der Waals surface area (Å²) >= 11 is 0. The van der Waals surface area contributed by atoms with Gasteiger partial charge in [0.1, 0.15) is 5.82 Å². The first-order valence-corrected chi connectivity index (χ1v) is 10.7. The van der Waals surface area contributed by atoms with Crippen molar-refractivity contribution in [3.8, 4) is 0 Å². The van der Waals surface area contributed by atoms with Crippen LogP contribution < -0.4 is 5.56 Å². The molecular formula is C21H32N4O2. The van der Waals surface area contributed by atoms with E-state index in [4.69, 9.17) is 4.98 Å². The normalized spacial score (nSPS) is 24.6. The Morgan fingerprint density at radius 1 is 1.11 bits per heavy atom. The molecule has 0 unspecified atom stereocenters. The van der Waals surface area contributed by atoms with E-state index < -0.39 is 0 Å². The van der Waals surface area contributed by atoms with Crippen molar-refractivity contribution in [2.24, 2.45) is 5.92 Å². The molecule has 6 nitrogen and oxygen atoms in total. The molecule has 0 N–H and O–H groups in total. The van der Waals surface area contributed by atoms with E-state index in [-0.39, 0.29) is 17.4 Å². The van der Waals surface area contributed by atoms with Crippen LogP contribution in [0.2, 0.25) is 0 Å². The van der Waals surface area contributed by atoms with Crippen LogP contribution >= 0.6 is 0 Å². The van der Waals surface area contributed by atoms with Gasteiger partial charge < -0.3 is 4.90 Å². The summed E-state index contributed by atoms with van der Waals surface area (Å²) in [6.45, 7) is 7.19. The van der Waals surface area contributed by atoms with Crippen molar-refractivity contribution in [2.45, 2.75) is 64.3 Å². The third-order valence-corrected chi connectivity index (χ3v) is 6.58. The summed E-state index contributed by atoms with van der Waals surface area (Å²) in [5.41, 5.74) is 0.986. The fraction of sp³-hybridized carbons (Fsp3) is 0.762. The maximum atomic E-state index is 12.7. The van der Waals surface area contributed by atoms with E-state index in [0.29, 0.717) is 13.1 Å². The molecule has 148 valence electrons. The summed E-state index contributed by atoms with van der Waals surface area (Å²) in [5, 5.41) is 0. The third kappa shape index (κ3) is 4.26. The highest BCUT2D eigenvalue weighted by molar-refractivity contribution is 5.78. The zero-order chi connectivity index (χ0) is 18.8. The number of carbonyl (C=O) groups is 1. The SMILES string of the molecule is CC1CCN(CC(=O)N2CC[C@H](c3cc(=O)n4c(n3)CCCCC4)C2)CC1. The summed E-state index contributed by atoms with van der Waals surface area (Å²) in [6.07, 6.45) is 7.54. The lowest BCUT2D eigenvalue weighted by Crippen LogP contribution is -2.42. The number of likely N-dealkylation sites (tertiary alicyclic amines) is 2. The highest BCUT2D eigenvalue weighted by Gasteiger charge is 2.30. The first-order chi connectivity index (χ1) is 13.1. The molecule has 2 fully saturated rings. The summed E-state index contributed by atoms with van der Waals surface area (Å²) in [6, 6.07) is 1.72. The number of nitrogens with zero attached hydrogens (tertiary/aromatic N) is 4. The van der Waals surface area contributed by atoms with E-state index in [2.05, 4.69) is 11.8 Å². The highest BCUT2D eigenvalue weighted by Crippen LogP contribution is 2.26. The second-order valence-electron chi connectivity index (χ2n) is 8.68. The van der Waals surface area contributed by atoms with Gasteiger partial charge in [-0.1, -0.05) is 13.3 Å². The molecule has 2 saturated heterocycles. The number of carbonyl (C=O) groups excluding carboxylic acids is 1. The van der Waals surface area contributed by atoms with Crippen LogP contribution in [0, 0.1) is 5.92 Å². The average Bonchev–Trinajstić information content (AvgIpc) is 3.03. The van der Waals surface area contributed by atoms with Crippen LogP contribution in [-0.2, 0) is 17.8 Å². The molecule has 1 aromatic heterocycles. The zero-order valence-corrected chi connectivity index (χ0v) is 16.5. The van der Waals surface area contributed by atoms with Crippen molar-refractivity contribution in [2.75, 3.05) is 32.7 Å². The van der Waals surface area contributed by atoms with Gasteiger partial charge in [-0.05, 0) is 51.1 Å². The Hall–Kier alpha value is -1.69. The summed E-state index contributed by atoms with van der Waals surface area (Å²) < 4.78 is 1.85. The van der Waals surface area contributed by atoms with Crippen molar-refractivity contribution < 1.29 is 4.79 Å². The van der Waals surface area contributed by atoms with E-state index in [1.54, 1.807) is 6.07 Å². The third-order valence-electron chi connectivity index (χ3n) is 6.58. The molecule has 0 bridgehead atoms. The molecule has 0 aliphatic carbocycles. The zero-order valence-electron chi connectivity index (χ0n) is 16.5. The molecule has 4 rings (SSSR count). The van der Waals surface area contributed by atoms with Crippen LogP contribution in [0.5, 0.6) is 0 Å². The number of amides is 1. The molecule has 0 saturated carbocycles. The monoisotopic (exact) mass is 372 g/mol. The molecule has 1 amide bonds. The Labute approximate surface area is 161 Å². The number of hydrogen-bond donors (Lipinski definition) is 0. The van der Waals surface area contributed by atoms with Crippen LogP contribution in [0.1, 0.15) is 62.9 Å². The number of aryl methyl sites for hydroxylation is 1. The molecule has 0 radical (unpaired) electrons. The predicted molar refractivity (Wildman–Crippen MR) is 105 cm³/mol. The van der Waals surface area contributed by atoms with Crippen molar-refractivity contribution in [3.05, 3.63) is 27.9 Å². The Bertz CT molecular complexity index is 736. The van der Waals surface area contributed by atoms with Crippen molar-refractivity contribution in [3.63, 3.8) is 0 Å². The molecule has 27 heavy (non-hydrogen) atoms. The Balaban J connectivity index is 1.39. The van der Waals surface area contributed by atoms with E-state index in [1.165, 1.54) is 19.3 Å². The van der Waals surface area contributed by atoms with E-state index in [0.717, 1.165) is 69.3 Å². The number of aromatic nitrogens is 2. The molecule has 4 heterocycles. The van der Waals surface area contributed by atoms with Gasteiger partial charge in [-0.15, -0.1) is 0 Å². The first kappa shape index (κ1) is 18.7. The molecule has 0 aromatic carbocycles. The van der Waals surface area contributed by atoms with Gasteiger partial charge in [0.2, 0.25) is 5.91 Å². The van der Waals surface area contributed by atoms with Crippen molar-refractivity contribution in [1.29, 1.82) is 0 Å². The van der Waals surface area contributed by atoms with Gasteiger partial charge in [0.05, 0.1) is 12.2 Å². The minimum absolute atomic E-state index is 0.0871. The van der Waals surface area contributed by atoms with Crippen LogP contribution in [0.25, 0.3) is 0 Å². The standard InChI is InChI=1S/C21H32N4O2/c1-16-6-10-23(11-7-16)15-21(27)24-12-8-17(14-24)18-13-20(26)25-9-4-2-3-5-19(25)22-18/h13,16-17H,2-12,14-15H2,1H3/t17-/m0/s1. The minimum atomic E-state index is 0.0871. The number of fused-ring (bicyclic) bond motifs is 1. The summed E-state index contributed by atoms with van der Waals surface area (Å²) in [4.78, 5) is 34.4. The van der Waals surface area contributed by atoms with Crippen LogP contribution in [-0.4, -0.2) is 58.0 Å². The van der Waals surface area contributed by atoms with Gasteiger partial charge >= 0.3 is 0 Å². The molecule has 6 heteroatoms. The lowest BCUT2D eigenvalue weighted by atomic mass is 9.99. The first-order valence-electron chi connectivity index (χ1n) is 10.7. The van der Waals surface area contributed by atoms with Gasteiger partial charge in [-0.3, -0.25) is 19.1 Å². The van der Waals surface area contributed by atoms with Gasteiger partial charge in [-0.25, -0.2) is 4.98 Å². The van der Waals surface area contributed by atoms with Crippen LogP contribution in [0.4, 0.5) is 0 Å². The minimum Gasteiger partial charge on any atom is -0.341 e. The predicted octanol–water partition coefficient (Wildman–Crippen LogP) is 2.02. The van der Waals surface area contributed by atoms with E-state index in [1.807, 2.05) is 9.47 Å². The summed E-state index contributed by atoms with van der Waals surface area (Å²) in [5.74, 6) is 2.17. The van der Waals surface area contributed by atoms with Gasteiger partial charge in [-0.2, -0.15) is 0 Å². The maximum Gasteiger partial charge on any atom is 0.253 e. The molecular weight excluding hydrogens is 340 g/mol. The lowest BCUT2D eigenvalue weighted by molar-refractivity contribution is -0.131. The largest absolute Gasteiger partial charge is 0.341 e. The topological polar surface area (TPSA) is 58.4 Å². The Kier molecular flexibility index (Phi) is 5.62. The van der Waals surface area contributed by atoms with Crippen LogP contribution in [0.15, 0.2) is 10.9 Å². The smallest absolute Gasteiger partial charge is 0.253 e. The molecule has 1 aromatic rings. The molecule has 0 spiro atoms. The van der Waals surface area contributed by atoms with Crippen LogP contribution in [0.3, 0.4) is 0 Å². The summed E-state index contributed by atoms with van der Waals surface area (Å²) in [7, 11) is 0. The average molecular weight is 373 g/mol. The second kappa shape index (κ2) is 8.13. The van der Waals surface area contributed by atoms with Crippen molar-refractivity contribution >= 4 is 5.91 Å². The fourth-order valence-corrected chi connectivity index (χ4v) is 4.68. The Morgan fingerprint density at radius 3 is 2.74 bits per heavy atom. The maximum absolute atomic E-state index is 12.7. The fourth-order valence-electron chi connectivity index (χ4n) is 4.68. The van der Waals surface area contributed by atoms with E-state index >= 15 is 0 Å². The molecule has 3 aliphatic rings. The lowest BCUT2D eigenvalue weighted by Gasteiger charge is -2.30. The Morgan fingerprint density at radius 2 is 1.93 bits per heavy atom. The van der Waals surface area contributed by atoms with Crippen molar-refractivity contribution in [1.82, 2.24) is 19.4 Å². The number of piperidine rings is 1. The molecule has 3 aliphatic heterocycles. The highest BCUT2D eigenvalue weighted by atomic mass is 16.2. The second-order valence-corrected chi connectivity index (χ2v) is 8.68. The quantitative estimate of drug-likeness (QED) is 0.814. The van der Waals surface area contributed by atoms with Gasteiger partial charge in [0.25, 0.3) is 5.56 Å². The van der Waals surface area contributed by atoms with Gasteiger partial charge in [0.15, 0.2) is 0 Å². The molecule has 1 atom stereocenters. The number of hydrogen-bond acceptors (Lipinski definition) is 4. The van der Waals surface area contributed by atoms with E-state index in [9.17, 15) is 9.59 Å². The van der Waals surface area contributed by atoms with Gasteiger partial charge in [0, 0.05) is 38.0 Å². The number of rotatable bonds is 3.